The molecule has 4 nitrogen and oxygen atoms in total. The van der Waals surface area contributed by atoms with Gasteiger partial charge < -0.3 is 14.8 Å². The molecule has 2 aromatic rings. The van der Waals surface area contributed by atoms with Gasteiger partial charge in [-0.2, -0.15) is 0 Å². The Kier molecular flexibility index (Phi) is 4.03. The van der Waals surface area contributed by atoms with E-state index in [-0.39, 0.29) is 6.10 Å². The Morgan fingerprint density at radius 2 is 2.30 bits per heavy atom. The van der Waals surface area contributed by atoms with E-state index in [0.717, 1.165) is 43.7 Å². The number of pyridine rings is 1. The highest BCUT2D eigenvalue weighted by Gasteiger charge is 2.19. The van der Waals surface area contributed by atoms with E-state index in [4.69, 9.17) is 0 Å². The zero-order valence-corrected chi connectivity index (χ0v) is 12.0. The molecule has 0 aromatic carbocycles. The minimum Gasteiger partial charge on any atom is -0.393 e. The average Bonchev–Trinajstić information content (AvgIpc) is 2.75. The number of nitrogens with zero attached hydrogens (tertiary/aromatic N) is 2. The number of hydrogen-bond donors (Lipinski definition) is 2. The normalized spacial score (nSPS) is 23.3. The maximum atomic E-state index is 9.71. The zero-order valence-electron chi connectivity index (χ0n) is 12.0. The number of nitrogens with one attached hydrogen (secondary N) is 1. The molecule has 0 radical (unpaired) electrons. The number of aryl methyl sites for hydroxylation is 1. The van der Waals surface area contributed by atoms with Crippen molar-refractivity contribution in [3.8, 4) is 0 Å². The third-order valence-electron chi connectivity index (χ3n) is 4.31. The number of aliphatic hydroxyl groups is 1. The fourth-order valence-corrected chi connectivity index (χ4v) is 3.22. The van der Waals surface area contributed by atoms with E-state index < -0.39 is 0 Å². The second-order valence-corrected chi connectivity index (χ2v) is 5.89. The number of imidazole rings is 1. The molecule has 3 rings (SSSR count). The maximum Gasteiger partial charge on any atom is 0.137 e. The van der Waals surface area contributed by atoms with Crippen LogP contribution in [0.15, 0.2) is 24.4 Å². The molecule has 0 saturated heterocycles. The van der Waals surface area contributed by atoms with E-state index in [1.807, 2.05) is 18.2 Å². The topological polar surface area (TPSA) is 49.6 Å². The lowest BCUT2D eigenvalue weighted by Gasteiger charge is -2.26. The van der Waals surface area contributed by atoms with Crippen molar-refractivity contribution in [2.24, 2.45) is 5.92 Å². The van der Waals surface area contributed by atoms with Gasteiger partial charge in [0, 0.05) is 12.7 Å². The predicted octanol–water partition coefficient (Wildman–Crippen LogP) is 2.28. The van der Waals surface area contributed by atoms with Gasteiger partial charge in [0.05, 0.1) is 17.5 Å². The Hall–Kier alpha value is -1.39. The van der Waals surface area contributed by atoms with Gasteiger partial charge in [-0.05, 0) is 50.8 Å². The third-order valence-corrected chi connectivity index (χ3v) is 4.31. The van der Waals surface area contributed by atoms with Crippen LogP contribution < -0.4 is 5.32 Å². The Morgan fingerprint density at radius 1 is 1.40 bits per heavy atom. The van der Waals surface area contributed by atoms with Crippen molar-refractivity contribution >= 4 is 5.65 Å². The summed E-state index contributed by atoms with van der Waals surface area (Å²) in [6, 6.07) is 6.09. The van der Waals surface area contributed by atoms with Crippen molar-refractivity contribution in [2.45, 2.75) is 45.3 Å². The van der Waals surface area contributed by atoms with E-state index in [9.17, 15) is 5.11 Å². The molecule has 1 fully saturated rings. The summed E-state index contributed by atoms with van der Waals surface area (Å²) in [6.07, 6.45) is 6.28. The molecule has 108 valence electrons. The van der Waals surface area contributed by atoms with Gasteiger partial charge in [0.25, 0.3) is 0 Å². The molecule has 2 N–H and O–H groups in total. The maximum absolute atomic E-state index is 9.71. The highest BCUT2D eigenvalue weighted by Crippen LogP contribution is 2.23. The molecule has 0 amide bonds. The predicted molar refractivity (Wildman–Crippen MR) is 79.6 cm³/mol. The summed E-state index contributed by atoms with van der Waals surface area (Å²) in [5.74, 6) is 0.609. The fraction of sp³-hybridized carbons (Fsp3) is 0.562. The first-order chi connectivity index (χ1) is 9.74. The van der Waals surface area contributed by atoms with Gasteiger partial charge in [0.1, 0.15) is 5.65 Å². The van der Waals surface area contributed by atoms with Crippen LogP contribution in [0.2, 0.25) is 0 Å². The number of fused-ring (bicyclic) bond motifs is 1. The van der Waals surface area contributed by atoms with Crippen LogP contribution in [0.4, 0.5) is 0 Å². The van der Waals surface area contributed by atoms with E-state index in [0.29, 0.717) is 5.92 Å². The van der Waals surface area contributed by atoms with E-state index in [2.05, 4.69) is 27.8 Å². The molecule has 2 unspecified atom stereocenters. The van der Waals surface area contributed by atoms with Gasteiger partial charge >= 0.3 is 0 Å². The molecule has 0 aliphatic heterocycles. The van der Waals surface area contributed by atoms with Gasteiger partial charge in [-0.25, -0.2) is 4.98 Å². The van der Waals surface area contributed by atoms with Crippen LogP contribution in [0.25, 0.3) is 5.65 Å². The first-order valence-electron chi connectivity index (χ1n) is 7.55. The van der Waals surface area contributed by atoms with Crippen LogP contribution in [-0.2, 0) is 6.54 Å². The largest absolute Gasteiger partial charge is 0.393 e. The van der Waals surface area contributed by atoms with Crippen LogP contribution in [0.3, 0.4) is 0 Å². The van der Waals surface area contributed by atoms with Crippen molar-refractivity contribution in [1.29, 1.82) is 0 Å². The van der Waals surface area contributed by atoms with E-state index in [1.54, 1.807) is 0 Å². The van der Waals surface area contributed by atoms with E-state index in [1.165, 1.54) is 12.1 Å². The summed E-state index contributed by atoms with van der Waals surface area (Å²) in [4.78, 5) is 4.57. The second-order valence-electron chi connectivity index (χ2n) is 5.89. The fourth-order valence-electron chi connectivity index (χ4n) is 3.22. The summed E-state index contributed by atoms with van der Waals surface area (Å²) in [7, 11) is 0. The lowest BCUT2D eigenvalue weighted by atomic mass is 9.87. The standard InChI is InChI=1S/C16H23N3O/c1-12-15(19-8-3-2-7-16(19)18-12)11-17-10-13-5-4-6-14(20)9-13/h2-3,7-8,13-14,17,20H,4-6,9-11H2,1H3. The molecule has 0 bridgehead atoms. The summed E-state index contributed by atoms with van der Waals surface area (Å²) in [5.41, 5.74) is 3.33. The Morgan fingerprint density at radius 3 is 3.15 bits per heavy atom. The highest BCUT2D eigenvalue weighted by molar-refractivity contribution is 5.42. The first kappa shape index (κ1) is 13.6. The van der Waals surface area contributed by atoms with Gasteiger partial charge in [-0.3, -0.25) is 0 Å². The number of aliphatic hydroxyl groups excluding tert-OH is 1. The SMILES string of the molecule is Cc1nc2ccccn2c1CNCC1CCCC(O)C1. The van der Waals surface area contributed by atoms with Crippen LogP contribution in [0.5, 0.6) is 0 Å². The van der Waals surface area contributed by atoms with Gasteiger partial charge in [-0.15, -0.1) is 0 Å². The summed E-state index contributed by atoms with van der Waals surface area (Å²) < 4.78 is 2.15. The Bertz CT molecular complexity index is 578. The minimum atomic E-state index is -0.0897. The summed E-state index contributed by atoms with van der Waals surface area (Å²) in [6.45, 7) is 3.88. The lowest BCUT2D eigenvalue weighted by Crippen LogP contribution is -2.29. The molecule has 2 aromatic heterocycles. The minimum absolute atomic E-state index is 0.0897. The van der Waals surface area contributed by atoms with Crippen LogP contribution in [0.1, 0.15) is 37.1 Å². The molecule has 2 heterocycles. The molecule has 1 aliphatic carbocycles. The first-order valence-corrected chi connectivity index (χ1v) is 7.55. The second kappa shape index (κ2) is 5.94. The molecular formula is C16H23N3O. The smallest absolute Gasteiger partial charge is 0.137 e. The van der Waals surface area contributed by atoms with Gasteiger partial charge in [0.2, 0.25) is 0 Å². The lowest BCUT2D eigenvalue weighted by molar-refractivity contribution is 0.100. The summed E-state index contributed by atoms with van der Waals surface area (Å²) >= 11 is 0. The molecular weight excluding hydrogens is 250 g/mol. The van der Waals surface area contributed by atoms with Crippen molar-refractivity contribution in [3.63, 3.8) is 0 Å². The molecule has 2 atom stereocenters. The van der Waals surface area contributed by atoms with Crippen LogP contribution in [-0.4, -0.2) is 27.1 Å². The molecule has 4 heteroatoms. The quantitative estimate of drug-likeness (QED) is 0.898. The zero-order chi connectivity index (χ0) is 13.9. The Labute approximate surface area is 119 Å². The summed E-state index contributed by atoms with van der Waals surface area (Å²) in [5, 5.41) is 13.2. The molecule has 1 aliphatic rings. The van der Waals surface area contributed by atoms with Crippen LogP contribution in [0, 0.1) is 12.8 Å². The van der Waals surface area contributed by atoms with Gasteiger partial charge in [0.15, 0.2) is 0 Å². The molecule has 1 saturated carbocycles. The van der Waals surface area contributed by atoms with Crippen molar-refractivity contribution in [2.75, 3.05) is 6.54 Å². The van der Waals surface area contributed by atoms with Crippen LogP contribution >= 0.6 is 0 Å². The Balaban J connectivity index is 1.61. The van der Waals surface area contributed by atoms with E-state index >= 15 is 0 Å². The van der Waals surface area contributed by atoms with Crippen molar-refractivity contribution in [1.82, 2.24) is 14.7 Å². The average molecular weight is 273 g/mol. The number of aromatic nitrogens is 2. The number of rotatable bonds is 4. The highest BCUT2D eigenvalue weighted by atomic mass is 16.3. The monoisotopic (exact) mass is 273 g/mol. The molecule has 20 heavy (non-hydrogen) atoms. The molecule has 0 spiro atoms. The van der Waals surface area contributed by atoms with Gasteiger partial charge in [-0.1, -0.05) is 12.5 Å². The third kappa shape index (κ3) is 2.86. The number of hydrogen-bond acceptors (Lipinski definition) is 3. The van der Waals surface area contributed by atoms with Crippen molar-refractivity contribution < 1.29 is 5.11 Å². The van der Waals surface area contributed by atoms with Crippen molar-refractivity contribution in [3.05, 3.63) is 35.8 Å².